The Morgan fingerprint density at radius 2 is 1.65 bits per heavy atom. The molecule has 1 aromatic carbocycles. The molecule has 0 radical (unpaired) electrons. The van der Waals surface area contributed by atoms with Gasteiger partial charge in [-0.15, -0.1) is 0 Å². The molecule has 0 bridgehead atoms. The Balaban J connectivity index is 2.42. The summed E-state index contributed by atoms with van der Waals surface area (Å²) in [5.41, 5.74) is 1.24. The van der Waals surface area contributed by atoms with E-state index in [4.69, 9.17) is 0 Å². The van der Waals surface area contributed by atoms with Crippen LogP contribution in [0.1, 0.15) is 13.8 Å². The molecular formula is C15H19N2+. The molecule has 0 atom stereocenters. The Morgan fingerprint density at radius 1 is 0.941 bits per heavy atom. The summed E-state index contributed by atoms with van der Waals surface area (Å²) >= 11 is 0. The molecule has 0 saturated carbocycles. The van der Waals surface area contributed by atoms with Crippen molar-refractivity contribution in [2.24, 2.45) is 0 Å². The smallest absolute Gasteiger partial charge is 0.234 e. The topological polar surface area (TPSA) is 7.12 Å². The number of nitrogens with zero attached hydrogens (tertiary/aromatic N) is 2. The van der Waals surface area contributed by atoms with Crippen molar-refractivity contribution in [2.45, 2.75) is 20.4 Å². The molecule has 2 heteroatoms. The van der Waals surface area contributed by atoms with Gasteiger partial charge >= 0.3 is 0 Å². The summed E-state index contributed by atoms with van der Waals surface area (Å²) in [7, 11) is 0. The van der Waals surface area contributed by atoms with E-state index >= 15 is 0 Å². The third-order valence-electron chi connectivity index (χ3n) is 2.92. The van der Waals surface area contributed by atoms with E-state index in [0.717, 1.165) is 13.1 Å². The van der Waals surface area contributed by atoms with Crippen LogP contribution in [0, 0.1) is 0 Å². The van der Waals surface area contributed by atoms with Crippen molar-refractivity contribution in [2.75, 3.05) is 11.4 Å². The maximum Gasteiger partial charge on any atom is 0.281 e. The number of aromatic nitrogens is 1. The van der Waals surface area contributed by atoms with Crippen LogP contribution in [-0.2, 0) is 6.54 Å². The van der Waals surface area contributed by atoms with Gasteiger partial charge in [-0.3, -0.25) is 0 Å². The first-order chi connectivity index (χ1) is 8.36. The van der Waals surface area contributed by atoms with E-state index < -0.39 is 0 Å². The minimum atomic E-state index is 0.966. The predicted molar refractivity (Wildman–Crippen MR) is 71.4 cm³/mol. The van der Waals surface area contributed by atoms with E-state index in [1.165, 1.54) is 11.5 Å². The molecule has 0 aliphatic carbocycles. The van der Waals surface area contributed by atoms with Gasteiger partial charge in [0.25, 0.3) is 5.82 Å². The summed E-state index contributed by atoms with van der Waals surface area (Å²) < 4.78 is 2.26. The van der Waals surface area contributed by atoms with Crippen LogP contribution in [0.25, 0.3) is 0 Å². The van der Waals surface area contributed by atoms with Gasteiger partial charge in [0.1, 0.15) is 5.69 Å². The van der Waals surface area contributed by atoms with Crippen molar-refractivity contribution in [1.82, 2.24) is 0 Å². The van der Waals surface area contributed by atoms with Crippen LogP contribution >= 0.6 is 0 Å². The van der Waals surface area contributed by atoms with Gasteiger partial charge in [0.05, 0.1) is 19.3 Å². The summed E-state index contributed by atoms with van der Waals surface area (Å²) in [5, 5.41) is 0. The molecule has 0 N–H and O–H groups in total. The standard InChI is InChI=1S/C15H19N2/c1-3-16-13-9-8-12-15(16)17(4-2)14-10-6-5-7-11-14/h5-13H,3-4H2,1-2H3/q+1. The average Bonchev–Trinajstić information content (AvgIpc) is 2.41. The molecule has 88 valence electrons. The molecular weight excluding hydrogens is 208 g/mol. The lowest BCUT2D eigenvalue weighted by Crippen LogP contribution is -2.39. The number of pyridine rings is 1. The molecule has 1 aromatic heterocycles. The molecule has 0 aliphatic rings. The second-order valence-corrected chi connectivity index (χ2v) is 3.92. The van der Waals surface area contributed by atoms with Crippen LogP contribution in [0.5, 0.6) is 0 Å². The van der Waals surface area contributed by atoms with Crippen molar-refractivity contribution in [1.29, 1.82) is 0 Å². The Hall–Kier alpha value is -1.83. The minimum Gasteiger partial charge on any atom is -0.234 e. The van der Waals surface area contributed by atoms with E-state index in [1.54, 1.807) is 0 Å². The second kappa shape index (κ2) is 5.48. The summed E-state index contributed by atoms with van der Waals surface area (Å²) in [6, 6.07) is 16.8. The first kappa shape index (κ1) is 11.6. The van der Waals surface area contributed by atoms with Gasteiger partial charge in [0.15, 0.2) is 0 Å². The van der Waals surface area contributed by atoms with Crippen molar-refractivity contribution >= 4 is 11.5 Å². The Kier molecular flexibility index (Phi) is 3.76. The van der Waals surface area contributed by atoms with Crippen molar-refractivity contribution in [3.8, 4) is 0 Å². The summed E-state index contributed by atoms with van der Waals surface area (Å²) in [5.74, 6) is 1.24. The molecule has 0 fully saturated rings. The normalized spacial score (nSPS) is 10.2. The van der Waals surface area contributed by atoms with Crippen LogP contribution in [0.4, 0.5) is 11.5 Å². The number of rotatable bonds is 4. The molecule has 17 heavy (non-hydrogen) atoms. The van der Waals surface area contributed by atoms with Crippen LogP contribution in [0.2, 0.25) is 0 Å². The SMILES string of the molecule is CCN(c1ccccc1)c1cccc[n+]1CC. The lowest BCUT2D eigenvalue weighted by molar-refractivity contribution is -0.680. The molecule has 2 aromatic rings. The van der Waals surface area contributed by atoms with E-state index in [-0.39, 0.29) is 0 Å². The summed E-state index contributed by atoms with van der Waals surface area (Å²) in [4.78, 5) is 2.32. The van der Waals surface area contributed by atoms with Gasteiger partial charge < -0.3 is 0 Å². The van der Waals surface area contributed by atoms with Crippen LogP contribution in [0.3, 0.4) is 0 Å². The third-order valence-corrected chi connectivity index (χ3v) is 2.92. The van der Waals surface area contributed by atoms with E-state index in [9.17, 15) is 0 Å². The van der Waals surface area contributed by atoms with Crippen LogP contribution in [-0.4, -0.2) is 6.54 Å². The molecule has 2 nitrogen and oxygen atoms in total. The highest BCUT2D eigenvalue weighted by Crippen LogP contribution is 2.21. The number of hydrogen-bond donors (Lipinski definition) is 0. The minimum absolute atomic E-state index is 0.966. The number of para-hydroxylation sites is 1. The van der Waals surface area contributed by atoms with E-state index in [1.807, 2.05) is 0 Å². The first-order valence-electron chi connectivity index (χ1n) is 6.18. The predicted octanol–water partition coefficient (Wildman–Crippen LogP) is 3.15. The van der Waals surface area contributed by atoms with Gasteiger partial charge in [-0.25, -0.2) is 9.47 Å². The van der Waals surface area contributed by atoms with Gasteiger partial charge in [0.2, 0.25) is 0 Å². The fourth-order valence-corrected chi connectivity index (χ4v) is 2.06. The fraction of sp³-hybridized carbons (Fsp3) is 0.267. The zero-order valence-electron chi connectivity index (χ0n) is 10.5. The zero-order chi connectivity index (χ0) is 12.1. The Bertz CT molecular complexity index is 465. The number of hydrogen-bond acceptors (Lipinski definition) is 1. The highest BCUT2D eigenvalue weighted by molar-refractivity contribution is 5.57. The molecule has 0 aliphatic heterocycles. The molecule has 1 heterocycles. The van der Waals surface area contributed by atoms with Gasteiger partial charge in [-0.2, -0.15) is 0 Å². The van der Waals surface area contributed by atoms with Crippen LogP contribution in [0.15, 0.2) is 54.7 Å². The third kappa shape index (κ3) is 2.47. The Morgan fingerprint density at radius 3 is 2.29 bits per heavy atom. The van der Waals surface area contributed by atoms with Gasteiger partial charge in [-0.1, -0.05) is 24.3 Å². The van der Waals surface area contributed by atoms with Crippen LogP contribution < -0.4 is 9.47 Å². The maximum atomic E-state index is 2.32. The molecule has 0 spiro atoms. The first-order valence-corrected chi connectivity index (χ1v) is 6.18. The molecule has 0 unspecified atom stereocenters. The quantitative estimate of drug-likeness (QED) is 0.728. The number of aryl methyl sites for hydroxylation is 1. The lowest BCUT2D eigenvalue weighted by Gasteiger charge is -2.17. The largest absolute Gasteiger partial charge is 0.281 e. The van der Waals surface area contributed by atoms with E-state index in [2.05, 4.69) is 78.0 Å². The zero-order valence-corrected chi connectivity index (χ0v) is 10.5. The van der Waals surface area contributed by atoms with Gasteiger partial charge in [0, 0.05) is 6.07 Å². The average molecular weight is 227 g/mol. The molecule has 0 saturated heterocycles. The number of benzene rings is 1. The van der Waals surface area contributed by atoms with E-state index in [0.29, 0.717) is 0 Å². The number of anilines is 2. The van der Waals surface area contributed by atoms with Gasteiger partial charge in [-0.05, 0) is 32.0 Å². The second-order valence-electron chi connectivity index (χ2n) is 3.92. The summed E-state index contributed by atoms with van der Waals surface area (Å²) in [6.45, 7) is 6.30. The lowest BCUT2D eigenvalue weighted by atomic mass is 10.2. The van der Waals surface area contributed by atoms with Crippen molar-refractivity contribution in [3.63, 3.8) is 0 Å². The highest BCUT2D eigenvalue weighted by atomic mass is 15.2. The molecule has 0 amide bonds. The molecule has 2 rings (SSSR count). The Labute approximate surface area is 103 Å². The van der Waals surface area contributed by atoms with Crippen molar-refractivity contribution in [3.05, 3.63) is 54.7 Å². The summed E-state index contributed by atoms with van der Waals surface area (Å²) in [6.07, 6.45) is 2.13. The van der Waals surface area contributed by atoms with Crippen molar-refractivity contribution < 1.29 is 4.57 Å². The highest BCUT2D eigenvalue weighted by Gasteiger charge is 2.18. The fourth-order valence-electron chi connectivity index (χ4n) is 2.06. The monoisotopic (exact) mass is 227 g/mol. The maximum absolute atomic E-state index is 2.32.